The molecule has 0 aliphatic rings. The molecule has 0 aliphatic carbocycles. The minimum Gasteiger partial charge on any atom is -0.254 e. The first-order valence-corrected chi connectivity index (χ1v) is 9.03. The molecule has 0 saturated carbocycles. The van der Waals surface area contributed by atoms with Gasteiger partial charge in [0.15, 0.2) is 0 Å². The fourth-order valence-electron chi connectivity index (χ4n) is 2.17. The van der Waals surface area contributed by atoms with E-state index in [1.807, 2.05) is 12.1 Å². The van der Waals surface area contributed by atoms with E-state index in [2.05, 4.69) is 68.7 Å². The van der Waals surface area contributed by atoms with Crippen molar-refractivity contribution in [2.75, 3.05) is 0 Å². The minimum absolute atomic E-state index is 0.275. The van der Waals surface area contributed by atoms with Gasteiger partial charge in [0.2, 0.25) is 0 Å². The van der Waals surface area contributed by atoms with Crippen LogP contribution in [0, 0.1) is 5.82 Å². The lowest BCUT2D eigenvalue weighted by Crippen LogP contribution is -1.90. The van der Waals surface area contributed by atoms with E-state index >= 15 is 0 Å². The van der Waals surface area contributed by atoms with Crippen LogP contribution in [0.5, 0.6) is 0 Å². The summed E-state index contributed by atoms with van der Waals surface area (Å²) < 4.78 is 16.7. The van der Waals surface area contributed by atoms with Gasteiger partial charge >= 0.3 is 0 Å². The Kier molecular flexibility index (Phi) is 4.50. The third-order valence-corrected chi connectivity index (χ3v) is 5.36. The van der Waals surface area contributed by atoms with Gasteiger partial charge in [-0.25, -0.2) is 4.39 Å². The summed E-state index contributed by atoms with van der Waals surface area (Å²) in [5.41, 5.74) is 2.72. The van der Waals surface area contributed by atoms with Crippen LogP contribution in [0.4, 0.5) is 4.39 Å². The lowest BCUT2D eigenvalue weighted by Gasteiger charge is -2.12. The summed E-state index contributed by atoms with van der Waals surface area (Å²) in [7, 11) is 0. The molecule has 3 aromatic rings. The number of aromatic nitrogens is 1. The molecule has 0 fully saturated rings. The van der Waals surface area contributed by atoms with E-state index in [0.717, 1.165) is 35.4 Å². The zero-order chi connectivity index (χ0) is 15.1. The Balaban J connectivity index is 2.43. The lowest BCUT2D eigenvalue weighted by molar-refractivity contribution is 0.627. The van der Waals surface area contributed by atoms with Crippen LogP contribution >= 0.6 is 63.7 Å². The van der Waals surface area contributed by atoms with E-state index in [1.54, 1.807) is 12.3 Å². The second kappa shape index (κ2) is 6.07. The summed E-state index contributed by atoms with van der Waals surface area (Å²) in [6.07, 6.45) is 1.76. The van der Waals surface area contributed by atoms with Gasteiger partial charge in [0.05, 0.1) is 5.52 Å². The Morgan fingerprint density at radius 1 is 0.857 bits per heavy atom. The van der Waals surface area contributed by atoms with Crippen LogP contribution in [0.3, 0.4) is 0 Å². The standard InChI is InChI=1S/C15H6Br4FN/c16-7-3-10-14(9-2-1-8(20)5-11(9)17)13(19)6-21-15(10)12(18)4-7/h1-6H. The fraction of sp³-hybridized carbons (Fsp3) is 0. The van der Waals surface area contributed by atoms with Crippen LogP contribution in [0.15, 0.2) is 54.4 Å². The van der Waals surface area contributed by atoms with Gasteiger partial charge in [-0.15, -0.1) is 0 Å². The number of hydrogen-bond donors (Lipinski definition) is 0. The van der Waals surface area contributed by atoms with Crippen molar-refractivity contribution in [1.29, 1.82) is 0 Å². The molecule has 0 radical (unpaired) electrons. The normalized spacial score (nSPS) is 11.1. The molecule has 0 aliphatic heterocycles. The summed E-state index contributed by atoms with van der Waals surface area (Å²) in [5.74, 6) is -0.275. The first-order valence-electron chi connectivity index (χ1n) is 5.86. The Labute approximate surface area is 154 Å². The second-order valence-corrected chi connectivity index (χ2v) is 7.87. The number of rotatable bonds is 1. The van der Waals surface area contributed by atoms with E-state index < -0.39 is 0 Å². The summed E-state index contributed by atoms with van der Waals surface area (Å²) in [5, 5.41) is 0.970. The highest BCUT2D eigenvalue weighted by molar-refractivity contribution is 9.11. The van der Waals surface area contributed by atoms with Gasteiger partial charge in [-0.1, -0.05) is 37.9 Å². The SMILES string of the molecule is Fc1ccc(-c2c(Br)cnc3c(Br)cc(Br)cc23)c(Br)c1. The molecular weight excluding hydrogens is 533 g/mol. The molecular formula is C15H6Br4FN. The average Bonchev–Trinajstić information content (AvgIpc) is 2.39. The van der Waals surface area contributed by atoms with Crippen molar-refractivity contribution in [2.24, 2.45) is 0 Å². The van der Waals surface area contributed by atoms with E-state index in [4.69, 9.17) is 0 Å². The van der Waals surface area contributed by atoms with Crippen LogP contribution < -0.4 is 0 Å². The second-order valence-electron chi connectivity index (χ2n) is 4.39. The molecule has 0 bridgehead atoms. The Bertz CT molecular complexity index is 864. The Morgan fingerprint density at radius 2 is 1.62 bits per heavy atom. The van der Waals surface area contributed by atoms with Crippen molar-refractivity contribution in [3.8, 4) is 11.1 Å². The molecule has 0 atom stereocenters. The molecule has 3 rings (SSSR count). The predicted molar refractivity (Wildman–Crippen MR) is 97.9 cm³/mol. The molecule has 0 saturated heterocycles. The number of nitrogens with zero attached hydrogens (tertiary/aromatic N) is 1. The van der Waals surface area contributed by atoms with Crippen molar-refractivity contribution < 1.29 is 4.39 Å². The highest BCUT2D eigenvalue weighted by atomic mass is 79.9. The van der Waals surface area contributed by atoms with Gasteiger partial charge in [0.25, 0.3) is 0 Å². The molecule has 0 amide bonds. The number of benzene rings is 2. The average molecular weight is 539 g/mol. The minimum atomic E-state index is -0.275. The van der Waals surface area contributed by atoms with Gasteiger partial charge in [-0.05, 0) is 61.7 Å². The van der Waals surface area contributed by atoms with Gasteiger partial charge in [-0.2, -0.15) is 0 Å². The summed E-state index contributed by atoms with van der Waals surface area (Å²) in [4.78, 5) is 4.45. The lowest BCUT2D eigenvalue weighted by atomic mass is 10.0. The molecule has 1 heterocycles. The van der Waals surface area contributed by atoms with Crippen LogP contribution in [-0.4, -0.2) is 4.98 Å². The monoisotopic (exact) mass is 535 g/mol. The van der Waals surface area contributed by atoms with Crippen molar-refractivity contribution in [3.05, 3.63) is 60.2 Å². The van der Waals surface area contributed by atoms with E-state index in [-0.39, 0.29) is 5.82 Å². The highest BCUT2D eigenvalue weighted by Crippen LogP contribution is 2.41. The first kappa shape index (κ1) is 15.6. The van der Waals surface area contributed by atoms with E-state index in [1.165, 1.54) is 12.1 Å². The molecule has 21 heavy (non-hydrogen) atoms. The van der Waals surface area contributed by atoms with Crippen molar-refractivity contribution in [2.45, 2.75) is 0 Å². The number of halogens is 5. The van der Waals surface area contributed by atoms with Gasteiger partial charge in [0.1, 0.15) is 5.82 Å². The van der Waals surface area contributed by atoms with Crippen LogP contribution in [0.2, 0.25) is 0 Å². The highest BCUT2D eigenvalue weighted by Gasteiger charge is 2.15. The van der Waals surface area contributed by atoms with Gasteiger partial charge in [0, 0.05) is 35.0 Å². The first-order chi connectivity index (χ1) is 9.97. The predicted octanol–water partition coefficient (Wildman–Crippen LogP) is 7.09. The smallest absolute Gasteiger partial charge is 0.124 e. The summed E-state index contributed by atoms with van der Waals surface area (Å²) >= 11 is 14.0. The van der Waals surface area contributed by atoms with Gasteiger partial charge in [-0.3, -0.25) is 4.98 Å². The Morgan fingerprint density at radius 3 is 2.33 bits per heavy atom. The number of fused-ring (bicyclic) bond motifs is 1. The zero-order valence-corrected chi connectivity index (χ0v) is 16.6. The number of pyridine rings is 1. The summed E-state index contributed by atoms with van der Waals surface area (Å²) in [6.45, 7) is 0. The topological polar surface area (TPSA) is 12.9 Å². The molecule has 2 aromatic carbocycles. The third-order valence-electron chi connectivity index (χ3n) is 3.04. The maximum Gasteiger partial charge on any atom is 0.124 e. The molecule has 1 nitrogen and oxygen atoms in total. The van der Waals surface area contributed by atoms with Crippen molar-refractivity contribution in [3.63, 3.8) is 0 Å². The maximum atomic E-state index is 13.3. The maximum absolute atomic E-state index is 13.3. The molecule has 6 heteroatoms. The van der Waals surface area contributed by atoms with Gasteiger partial charge < -0.3 is 0 Å². The fourth-order valence-corrected chi connectivity index (χ4v) is 4.57. The van der Waals surface area contributed by atoms with E-state index in [0.29, 0.717) is 4.47 Å². The van der Waals surface area contributed by atoms with Crippen LogP contribution in [0.25, 0.3) is 22.0 Å². The zero-order valence-electron chi connectivity index (χ0n) is 10.3. The van der Waals surface area contributed by atoms with Crippen molar-refractivity contribution in [1.82, 2.24) is 4.98 Å². The summed E-state index contributed by atoms with van der Waals surface area (Å²) in [6, 6.07) is 8.62. The van der Waals surface area contributed by atoms with E-state index in [9.17, 15) is 4.39 Å². The van der Waals surface area contributed by atoms with Crippen molar-refractivity contribution >= 4 is 74.6 Å². The molecule has 106 valence electrons. The molecule has 0 N–H and O–H groups in total. The van der Waals surface area contributed by atoms with Crippen LogP contribution in [-0.2, 0) is 0 Å². The third kappa shape index (κ3) is 2.96. The largest absolute Gasteiger partial charge is 0.254 e. The molecule has 1 aromatic heterocycles. The Hall–Kier alpha value is -0.300. The molecule has 0 unspecified atom stereocenters. The molecule has 0 spiro atoms. The number of hydrogen-bond acceptors (Lipinski definition) is 1. The van der Waals surface area contributed by atoms with Crippen LogP contribution in [0.1, 0.15) is 0 Å². The quantitative estimate of drug-likeness (QED) is 0.322.